The van der Waals surface area contributed by atoms with Crippen molar-refractivity contribution in [2.75, 3.05) is 31.8 Å². The Morgan fingerprint density at radius 3 is 2.56 bits per heavy atom. The molecule has 16 heavy (non-hydrogen) atoms. The number of nitrogens with zero attached hydrogens (tertiary/aromatic N) is 2. The Morgan fingerprint density at radius 1 is 1.50 bits per heavy atom. The summed E-state index contributed by atoms with van der Waals surface area (Å²) in [5.41, 5.74) is 0. The van der Waals surface area contributed by atoms with Gasteiger partial charge in [-0.05, 0) is 7.05 Å². The van der Waals surface area contributed by atoms with Gasteiger partial charge in [-0.1, -0.05) is 0 Å². The summed E-state index contributed by atoms with van der Waals surface area (Å²) in [6.07, 6.45) is 0. The average molecular weight is 273 g/mol. The van der Waals surface area contributed by atoms with E-state index in [1.165, 1.54) is 7.05 Å². The van der Waals surface area contributed by atoms with Gasteiger partial charge in [-0.2, -0.15) is 5.01 Å². The lowest BCUT2D eigenvalue weighted by Crippen LogP contribution is -2.40. The number of nitroso groups, excluding NO2 is 1. The molecule has 94 valence electrons. The van der Waals surface area contributed by atoms with Crippen LogP contribution in [0.5, 0.6) is 0 Å². The van der Waals surface area contributed by atoms with Crippen molar-refractivity contribution < 1.29 is 13.2 Å². The molecule has 8 nitrogen and oxygen atoms in total. The normalized spacial score (nSPS) is 10.9. The Balaban J connectivity index is 4.02. The van der Waals surface area contributed by atoms with Crippen molar-refractivity contribution in [1.82, 2.24) is 15.0 Å². The zero-order valence-electron chi connectivity index (χ0n) is 8.64. The first-order valence-electron chi connectivity index (χ1n) is 4.32. The molecule has 0 aliphatic carbocycles. The van der Waals surface area contributed by atoms with Gasteiger partial charge in [0.25, 0.3) is 0 Å². The van der Waals surface area contributed by atoms with E-state index in [0.717, 1.165) is 0 Å². The fourth-order valence-corrected chi connectivity index (χ4v) is 1.48. The predicted octanol–water partition coefficient (Wildman–Crippen LogP) is -0.533. The molecular weight excluding hydrogens is 260 g/mol. The Kier molecular flexibility index (Phi) is 6.93. The molecule has 0 spiro atoms. The fourth-order valence-electron chi connectivity index (χ4n) is 0.745. The first-order chi connectivity index (χ1) is 7.46. The molecule has 0 aromatic rings. The van der Waals surface area contributed by atoms with E-state index in [1.807, 2.05) is 0 Å². The Morgan fingerprint density at radius 2 is 2.12 bits per heavy atom. The third kappa shape index (κ3) is 5.83. The molecule has 0 bridgehead atoms. The van der Waals surface area contributed by atoms with Crippen LogP contribution in [0.25, 0.3) is 0 Å². The van der Waals surface area contributed by atoms with Gasteiger partial charge in [0.05, 0.1) is 17.6 Å². The molecule has 0 aromatic heterocycles. The lowest BCUT2D eigenvalue weighted by molar-refractivity contribution is 0.203. The van der Waals surface area contributed by atoms with Crippen molar-refractivity contribution >= 4 is 27.7 Å². The zero-order valence-corrected chi connectivity index (χ0v) is 10.2. The van der Waals surface area contributed by atoms with E-state index < -0.39 is 16.1 Å². The third-order valence-corrected chi connectivity index (χ3v) is 3.12. The second kappa shape index (κ2) is 7.36. The molecular formula is C6H13ClN4O4S. The number of alkyl halides is 1. The molecule has 0 atom stereocenters. The molecule has 0 aliphatic rings. The highest BCUT2D eigenvalue weighted by Gasteiger charge is 2.14. The number of carbonyl (C=O) groups excluding carboxylic acids is 1. The lowest BCUT2D eigenvalue weighted by Gasteiger charge is -2.12. The van der Waals surface area contributed by atoms with E-state index in [-0.39, 0.29) is 24.7 Å². The minimum atomic E-state index is -3.38. The molecule has 0 unspecified atom stereocenters. The number of nitrogens with one attached hydrogen (secondary N) is 2. The second-order valence-electron chi connectivity index (χ2n) is 2.65. The Labute approximate surface area is 98.3 Å². The molecule has 0 saturated carbocycles. The van der Waals surface area contributed by atoms with E-state index in [9.17, 15) is 18.1 Å². The van der Waals surface area contributed by atoms with Crippen molar-refractivity contribution in [1.29, 1.82) is 0 Å². The second-order valence-corrected chi connectivity index (χ2v) is 5.07. The highest BCUT2D eigenvalue weighted by Crippen LogP contribution is 1.91. The summed E-state index contributed by atoms with van der Waals surface area (Å²) in [7, 11) is -2.11. The van der Waals surface area contributed by atoms with Crippen molar-refractivity contribution in [3.05, 3.63) is 4.91 Å². The number of hydrogen-bond donors (Lipinski definition) is 2. The molecule has 0 aliphatic heterocycles. The van der Waals surface area contributed by atoms with Crippen LogP contribution in [0.4, 0.5) is 4.79 Å². The summed E-state index contributed by atoms with van der Waals surface area (Å²) in [6.45, 7) is -0.147. The minimum absolute atomic E-state index is 0.0321. The third-order valence-electron chi connectivity index (χ3n) is 1.59. The number of sulfonamides is 1. The van der Waals surface area contributed by atoms with Crippen molar-refractivity contribution in [2.45, 2.75) is 0 Å². The van der Waals surface area contributed by atoms with E-state index >= 15 is 0 Å². The lowest BCUT2D eigenvalue weighted by atomic mass is 10.6. The van der Waals surface area contributed by atoms with Crippen LogP contribution in [0.3, 0.4) is 0 Å². The maximum Gasteiger partial charge on any atom is 0.340 e. The van der Waals surface area contributed by atoms with Crippen LogP contribution in [0.1, 0.15) is 0 Å². The SMILES string of the molecule is CNS(=O)(=O)CCNC(=O)N(CCCl)N=O. The maximum absolute atomic E-state index is 11.2. The monoisotopic (exact) mass is 272 g/mol. The van der Waals surface area contributed by atoms with E-state index in [0.29, 0.717) is 5.01 Å². The van der Waals surface area contributed by atoms with Gasteiger partial charge in [-0.3, -0.25) is 0 Å². The molecule has 0 rings (SSSR count). The summed E-state index contributed by atoms with van der Waals surface area (Å²) < 4.78 is 24.0. The molecule has 0 fully saturated rings. The standard InChI is InChI=1S/C6H13ClN4O4S/c1-8-16(14,15)5-3-9-6(12)11(10-13)4-2-7/h8H,2-5H2,1H3,(H,9,12). The smallest absolute Gasteiger partial charge is 0.335 e. The summed E-state index contributed by atoms with van der Waals surface area (Å²) in [4.78, 5) is 21.4. The summed E-state index contributed by atoms with van der Waals surface area (Å²) >= 11 is 5.32. The number of hydrogen-bond acceptors (Lipinski definition) is 5. The van der Waals surface area contributed by atoms with Crippen LogP contribution in [0, 0.1) is 4.91 Å². The maximum atomic E-state index is 11.2. The van der Waals surface area contributed by atoms with Gasteiger partial charge in [0.15, 0.2) is 0 Å². The van der Waals surface area contributed by atoms with E-state index in [2.05, 4.69) is 15.3 Å². The van der Waals surface area contributed by atoms with Crippen molar-refractivity contribution in [3.8, 4) is 0 Å². The highest BCUT2D eigenvalue weighted by molar-refractivity contribution is 7.89. The topological polar surface area (TPSA) is 108 Å². The fraction of sp³-hybridized carbons (Fsp3) is 0.833. The van der Waals surface area contributed by atoms with Gasteiger partial charge in [0.1, 0.15) is 0 Å². The van der Waals surface area contributed by atoms with Crippen molar-refractivity contribution in [2.24, 2.45) is 5.29 Å². The van der Waals surface area contributed by atoms with Crippen LogP contribution in [0.2, 0.25) is 0 Å². The van der Waals surface area contributed by atoms with Crippen LogP contribution in [0.15, 0.2) is 5.29 Å². The molecule has 0 saturated heterocycles. The van der Waals surface area contributed by atoms with E-state index in [4.69, 9.17) is 11.6 Å². The van der Waals surface area contributed by atoms with Gasteiger partial charge in [-0.15, -0.1) is 16.5 Å². The first-order valence-corrected chi connectivity index (χ1v) is 6.51. The average Bonchev–Trinajstić information content (AvgIpc) is 2.25. The summed E-state index contributed by atoms with van der Waals surface area (Å²) in [5.74, 6) is -0.212. The van der Waals surface area contributed by atoms with Crippen molar-refractivity contribution in [3.63, 3.8) is 0 Å². The van der Waals surface area contributed by atoms with Crippen LogP contribution < -0.4 is 10.0 Å². The zero-order chi connectivity index (χ0) is 12.6. The van der Waals surface area contributed by atoms with Gasteiger partial charge in [0.2, 0.25) is 10.0 Å². The van der Waals surface area contributed by atoms with E-state index in [1.54, 1.807) is 0 Å². The number of halogens is 1. The van der Waals surface area contributed by atoms with Gasteiger partial charge < -0.3 is 5.32 Å². The van der Waals surface area contributed by atoms with Crippen LogP contribution >= 0.6 is 11.6 Å². The number of amides is 2. The van der Waals surface area contributed by atoms with Crippen LogP contribution in [-0.2, 0) is 10.0 Å². The number of carbonyl (C=O) groups is 1. The van der Waals surface area contributed by atoms with Crippen LogP contribution in [-0.4, -0.2) is 51.2 Å². The molecule has 10 heteroatoms. The van der Waals surface area contributed by atoms with Gasteiger partial charge in [-0.25, -0.2) is 17.9 Å². The Hall–Kier alpha value is -0.930. The molecule has 2 amide bonds. The highest BCUT2D eigenvalue weighted by atomic mass is 35.5. The quantitative estimate of drug-likeness (QED) is 0.369. The largest absolute Gasteiger partial charge is 0.340 e. The summed E-state index contributed by atoms with van der Waals surface area (Å²) in [5, 5.41) is 5.24. The van der Waals surface area contributed by atoms with Gasteiger partial charge >= 0.3 is 6.03 Å². The molecule has 0 aromatic carbocycles. The predicted molar refractivity (Wildman–Crippen MR) is 59.5 cm³/mol. The first kappa shape index (κ1) is 15.1. The molecule has 0 heterocycles. The Bertz CT molecular complexity index is 333. The van der Waals surface area contributed by atoms with Gasteiger partial charge in [0, 0.05) is 12.4 Å². The number of rotatable bonds is 7. The summed E-state index contributed by atoms with van der Waals surface area (Å²) in [6, 6.07) is -0.776. The number of urea groups is 1. The molecule has 0 radical (unpaired) electrons. The molecule has 2 N–H and O–H groups in total. The minimum Gasteiger partial charge on any atom is -0.335 e.